The summed E-state index contributed by atoms with van der Waals surface area (Å²) in [6.07, 6.45) is 2.73. The lowest BCUT2D eigenvalue weighted by atomic mass is 9.79. The summed E-state index contributed by atoms with van der Waals surface area (Å²) in [6.45, 7) is 13.6. The highest BCUT2D eigenvalue weighted by Crippen LogP contribution is 2.32. The number of rotatable bonds is 6. The Morgan fingerprint density at radius 2 is 1.65 bits per heavy atom. The second-order valence-corrected chi connectivity index (χ2v) is 7.00. The molecule has 2 aliphatic heterocycles. The van der Waals surface area contributed by atoms with Gasteiger partial charge >= 0.3 is 0 Å². The first kappa shape index (κ1) is 14.8. The third-order valence-electron chi connectivity index (χ3n) is 5.53. The van der Waals surface area contributed by atoms with Crippen LogP contribution in [0, 0.1) is 11.8 Å². The highest BCUT2D eigenvalue weighted by molar-refractivity contribution is 4.90. The lowest BCUT2D eigenvalue weighted by Gasteiger charge is -2.48. The van der Waals surface area contributed by atoms with Gasteiger partial charge in [0.1, 0.15) is 0 Å². The minimum absolute atomic E-state index is 0.832. The molecule has 0 bridgehead atoms. The Balaban J connectivity index is 1.30. The van der Waals surface area contributed by atoms with Crippen LogP contribution in [-0.2, 0) is 4.74 Å². The van der Waals surface area contributed by atoms with E-state index in [1.165, 1.54) is 65.2 Å². The molecule has 0 atom stereocenters. The Bertz CT molecular complexity index is 292. The van der Waals surface area contributed by atoms with Gasteiger partial charge in [-0.1, -0.05) is 6.92 Å². The van der Waals surface area contributed by atoms with Crippen LogP contribution >= 0.6 is 0 Å². The van der Waals surface area contributed by atoms with E-state index in [0.717, 1.165) is 24.5 Å². The fraction of sp³-hybridized carbons (Fsp3) is 1.00. The second-order valence-electron chi connectivity index (χ2n) is 7.00. The third kappa shape index (κ3) is 3.35. The van der Waals surface area contributed by atoms with Crippen molar-refractivity contribution in [2.45, 2.75) is 25.8 Å². The molecule has 4 nitrogen and oxygen atoms in total. The number of likely N-dealkylation sites (tertiary alicyclic amines) is 1. The SMILES string of the molecule is CCN1CC(CN2CCN(C3CC(COC)C3)CC2)C1. The van der Waals surface area contributed by atoms with E-state index in [-0.39, 0.29) is 0 Å². The molecule has 2 saturated heterocycles. The molecule has 0 unspecified atom stereocenters. The van der Waals surface area contributed by atoms with Crippen LogP contribution in [0.15, 0.2) is 0 Å². The van der Waals surface area contributed by atoms with Crippen molar-refractivity contribution in [3.8, 4) is 0 Å². The predicted molar refractivity (Wildman–Crippen MR) is 82.0 cm³/mol. The molecule has 3 fully saturated rings. The first-order valence-electron chi connectivity index (χ1n) is 8.46. The summed E-state index contributed by atoms with van der Waals surface area (Å²) in [7, 11) is 1.83. The summed E-state index contributed by atoms with van der Waals surface area (Å²) in [5.74, 6) is 1.77. The Labute approximate surface area is 124 Å². The zero-order valence-electron chi connectivity index (χ0n) is 13.3. The topological polar surface area (TPSA) is 19.0 Å². The van der Waals surface area contributed by atoms with Gasteiger partial charge in [0.15, 0.2) is 0 Å². The molecule has 3 rings (SSSR count). The Morgan fingerprint density at radius 3 is 2.25 bits per heavy atom. The lowest BCUT2D eigenvalue weighted by Crippen LogP contribution is -2.57. The van der Waals surface area contributed by atoms with Crippen LogP contribution in [0.4, 0.5) is 0 Å². The quantitative estimate of drug-likeness (QED) is 0.722. The smallest absolute Gasteiger partial charge is 0.0491 e. The van der Waals surface area contributed by atoms with Gasteiger partial charge in [0.2, 0.25) is 0 Å². The molecule has 2 heterocycles. The van der Waals surface area contributed by atoms with E-state index >= 15 is 0 Å². The zero-order valence-corrected chi connectivity index (χ0v) is 13.3. The standard InChI is InChI=1S/C16H31N3O/c1-3-17-10-15(11-17)12-18-4-6-19(7-5-18)16-8-14(9-16)13-20-2/h14-16H,3-13H2,1-2H3. The van der Waals surface area contributed by atoms with E-state index in [9.17, 15) is 0 Å². The summed E-state index contributed by atoms with van der Waals surface area (Å²) in [6, 6.07) is 0.858. The summed E-state index contributed by atoms with van der Waals surface area (Å²) >= 11 is 0. The van der Waals surface area contributed by atoms with Crippen molar-refractivity contribution in [1.29, 1.82) is 0 Å². The van der Waals surface area contributed by atoms with Gasteiger partial charge < -0.3 is 14.5 Å². The Kier molecular flexibility index (Phi) is 4.97. The minimum Gasteiger partial charge on any atom is -0.384 e. The van der Waals surface area contributed by atoms with Gasteiger partial charge in [-0.25, -0.2) is 0 Å². The maximum absolute atomic E-state index is 5.25. The van der Waals surface area contributed by atoms with E-state index in [4.69, 9.17) is 4.74 Å². The number of ether oxygens (including phenoxy) is 1. The van der Waals surface area contributed by atoms with Gasteiger partial charge in [0, 0.05) is 65.6 Å². The normalized spacial score (nSPS) is 33.9. The molecule has 0 aromatic heterocycles. The summed E-state index contributed by atoms with van der Waals surface area (Å²) < 4.78 is 5.25. The fourth-order valence-electron chi connectivity index (χ4n) is 4.10. The van der Waals surface area contributed by atoms with Crippen LogP contribution in [0.25, 0.3) is 0 Å². The first-order valence-corrected chi connectivity index (χ1v) is 8.46. The van der Waals surface area contributed by atoms with E-state index in [1.54, 1.807) is 0 Å². The average Bonchev–Trinajstić information content (AvgIpc) is 2.38. The molecule has 3 aliphatic rings. The van der Waals surface area contributed by atoms with E-state index in [0.29, 0.717) is 0 Å². The molecule has 0 aromatic carbocycles. The molecule has 0 aromatic rings. The molecule has 4 heteroatoms. The summed E-state index contributed by atoms with van der Waals surface area (Å²) in [4.78, 5) is 7.96. The third-order valence-corrected chi connectivity index (χ3v) is 5.53. The molecule has 116 valence electrons. The maximum Gasteiger partial charge on any atom is 0.0491 e. The Morgan fingerprint density at radius 1 is 0.950 bits per heavy atom. The van der Waals surface area contributed by atoms with Crippen LogP contribution in [0.5, 0.6) is 0 Å². The van der Waals surface area contributed by atoms with Gasteiger partial charge in [0.25, 0.3) is 0 Å². The molecule has 0 N–H and O–H groups in total. The van der Waals surface area contributed by atoms with Gasteiger partial charge in [-0.3, -0.25) is 4.90 Å². The van der Waals surface area contributed by atoms with Crippen LogP contribution in [-0.4, -0.2) is 86.8 Å². The number of hydrogen-bond donors (Lipinski definition) is 0. The number of nitrogens with zero attached hydrogens (tertiary/aromatic N) is 3. The molecule has 1 aliphatic carbocycles. The van der Waals surface area contributed by atoms with Crippen LogP contribution < -0.4 is 0 Å². The Hall–Kier alpha value is -0.160. The average molecular weight is 281 g/mol. The lowest BCUT2D eigenvalue weighted by molar-refractivity contribution is -0.00531. The highest BCUT2D eigenvalue weighted by atomic mass is 16.5. The van der Waals surface area contributed by atoms with E-state index < -0.39 is 0 Å². The number of hydrogen-bond acceptors (Lipinski definition) is 4. The van der Waals surface area contributed by atoms with Gasteiger partial charge in [0.05, 0.1) is 0 Å². The first-order chi connectivity index (χ1) is 9.78. The largest absolute Gasteiger partial charge is 0.384 e. The zero-order chi connectivity index (χ0) is 13.9. The van der Waals surface area contributed by atoms with Crippen molar-refractivity contribution in [3.63, 3.8) is 0 Å². The molecule has 20 heavy (non-hydrogen) atoms. The van der Waals surface area contributed by atoms with Crippen molar-refractivity contribution in [2.75, 3.05) is 66.1 Å². The number of piperazine rings is 1. The fourth-order valence-corrected chi connectivity index (χ4v) is 4.10. The van der Waals surface area contributed by atoms with Crippen molar-refractivity contribution < 1.29 is 4.74 Å². The maximum atomic E-state index is 5.25. The molecule has 0 radical (unpaired) electrons. The van der Waals surface area contributed by atoms with Gasteiger partial charge in [-0.2, -0.15) is 0 Å². The monoisotopic (exact) mass is 281 g/mol. The molecule has 1 saturated carbocycles. The highest BCUT2D eigenvalue weighted by Gasteiger charge is 2.35. The van der Waals surface area contributed by atoms with Crippen LogP contribution in [0.3, 0.4) is 0 Å². The molecule has 0 spiro atoms. The van der Waals surface area contributed by atoms with Crippen molar-refractivity contribution in [3.05, 3.63) is 0 Å². The minimum atomic E-state index is 0.832. The molecule has 0 amide bonds. The molecular weight excluding hydrogens is 250 g/mol. The molecular formula is C16H31N3O. The van der Waals surface area contributed by atoms with Crippen molar-refractivity contribution in [1.82, 2.24) is 14.7 Å². The van der Waals surface area contributed by atoms with Crippen molar-refractivity contribution >= 4 is 0 Å². The van der Waals surface area contributed by atoms with E-state index in [2.05, 4.69) is 21.6 Å². The predicted octanol–water partition coefficient (Wildman–Crippen LogP) is 0.981. The summed E-state index contributed by atoms with van der Waals surface area (Å²) in [5.41, 5.74) is 0. The summed E-state index contributed by atoms with van der Waals surface area (Å²) in [5, 5.41) is 0. The van der Waals surface area contributed by atoms with Gasteiger partial charge in [-0.05, 0) is 31.2 Å². The van der Waals surface area contributed by atoms with E-state index in [1.807, 2.05) is 7.11 Å². The van der Waals surface area contributed by atoms with Gasteiger partial charge in [-0.15, -0.1) is 0 Å². The van der Waals surface area contributed by atoms with Crippen LogP contribution in [0.1, 0.15) is 19.8 Å². The van der Waals surface area contributed by atoms with Crippen molar-refractivity contribution in [2.24, 2.45) is 11.8 Å². The number of methoxy groups -OCH3 is 1. The second kappa shape index (κ2) is 6.73. The van der Waals surface area contributed by atoms with Crippen LogP contribution in [0.2, 0.25) is 0 Å².